The third kappa shape index (κ3) is 6.84. The molecule has 0 aliphatic carbocycles. The molecule has 0 aromatic heterocycles. The van der Waals surface area contributed by atoms with Crippen molar-refractivity contribution in [3.8, 4) is 11.5 Å². The zero-order valence-corrected chi connectivity index (χ0v) is 21.3. The first-order valence-electron chi connectivity index (χ1n) is 11.8. The maximum atomic E-state index is 14.2. The quantitative estimate of drug-likeness (QED) is 0.364. The summed E-state index contributed by atoms with van der Waals surface area (Å²) in [5.41, 5.74) is 1.82. The standard InChI is InChI=1S/C27H37NO5S/c1-5-7-21(2)27(18-26-8-6-17-33-26)34(29,30)28(19-22-9-13-24(31-3)14-10-22)20-23-11-15-25(32-4)16-12-23/h5,9-16,21,26-27H,1,6-8,17-20H2,2-4H3/t21-,26-,27+/m0/s1. The highest BCUT2D eigenvalue weighted by Gasteiger charge is 2.38. The van der Waals surface area contributed by atoms with E-state index in [1.54, 1.807) is 24.6 Å². The number of benzene rings is 2. The van der Waals surface area contributed by atoms with Crippen LogP contribution < -0.4 is 9.47 Å². The number of ether oxygens (including phenoxy) is 3. The Bertz CT molecular complexity index is 949. The highest BCUT2D eigenvalue weighted by Crippen LogP contribution is 2.31. The van der Waals surface area contributed by atoms with Crippen LogP contribution in [0.15, 0.2) is 61.2 Å². The summed E-state index contributed by atoms with van der Waals surface area (Å²) < 4.78 is 46.3. The number of nitrogens with zero attached hydrogens (tertiary/aromatic N) is 1. The van der Waals surface area contributed by atoms with Gasteiger partial charge in [-0.2, -0.15) is 4.31 Å². The summed E-state index contributed by atoms with van der Waals surface area (Å²) in [6.45, 7) is 7.11. The molecule has 3 atom stereocenters. The lowest BCUT2D eigenvalue weighted by molar-refractivity contribution is 0.0989. The van der Waals surface area contributed by atoms with Crippen molar-refractivity contribution in [2.24, 2.45) is 5.92 Å². The van der Waals surface area contributed by atoms with Gasteiger partial charge in [0.15, 0.2) is 0 Å². The number of hydrogen-bond acceptors (Lipinski definition) is 5. The number of hydrogen-bond donors (Lipinski definition) is 0. The smallest absolute Gasteiger partial charge is 0.217 e. The van der Waals surface area contributed by atoms with Crippen molar-refractivity contribution in [2.75, 3.05) is 20.8 Å². The van der Waals surface area contributed by atoms with Crippen molar-refractivity contribution in [2.45, 2.75) is 57.1 Å². The monoisotopic (exact) mass is 487 g/mol. The Labute approximate surface area is 204 Å². The second kappa shape index (κ2) is 12.4. The highest BCUT2D eigenvalue weighted by molar-refractivity contribution is 7.89. The van der Waals surface area contributed by atoms with Gasteiger partial charge in [-0.15, -0.1) is 6.58 Å². The molecule has 2 aromatic carbocycles. The third-order valence-electron chi connectivity index (χ3n) is 6.47. The Kier molecular flexibility index (Phi) is 9.56. The molecule has 3 rings (SSSR count). The van der Waals surface area contributed by atoms with Crippen LogP contribution >= 0.6 is 0 Å². The Morgan fingerprint density at radius 2 is 1.56 bits per heavy atom. The average molecular weight is 488 g/mol. The summed E-state index contributed by atoms with van der Waals surface area (Å²) in [6.07, 6.45) is 4.81. The Hall–Kier alpha value is -2.35. The predicted octanol–water partition coefficient (Wildman–Crippen LogP) is 5.19. The molecule has 0 radical (unpaired) electrons. The summed E-state index contributed by atoms with van der Waals surface area (Å²) in [5.74, 6) is 1.41. The van der Waals surface area contributed by atoms with Crippen LogP contribution in [0, 0.1) is 5.92 Å². The van der Waals surface area contributed by atoms with Crippen molar-refractivity contribution in [3.05, 3.63) is 72.3 Å². The Morgan fingerprint density at radius 1 is 1.03 bits per heavy atom. The molecule has 6 nitrogen and oxygen atoms in total. The number of sulfonamides is 1. The maximum Gasteiger partial charge on any atom is 0.217 e. The molecule has 0 amide bonds. The van der Waals surface area contributed by atoms with E-state index in [0.29, 0.717) is 19.4 Å². The van der Waals surface area contributed by atoms with Crippen molar-refractivity contribution in [1.82, 2.24) is 4.31 Å². The van der Waals surface area contributed by atoms with Gasteiger partial charge in [0.25, 0.3) is 0 Å². The van der Waals surface area contributed by atoms with Gasteiger partial charge in [-0.05, 0) is 67.0 Å². The van der Waals surface area contributed by atoms with E-state index in [-0.39, 0.29) is 25.1 Å². The molecule has 1 saturated heterocycles. The van der Waals surface area contributed by atoms with Crippen LogP contribution in [0.25, 0.3) is 0 Å². The van der Waals surface area contributed by atoms with E-state index < -0.39 is 15.3 Å². The third-order valence-corrected chi connectivity index (χ3v) is 8.87. The molecule has 0 spiro atoms. The van der Waals surface area contributed by atoms with Crippen molar-refractivity contribution < 1.29 is 22.6 Å². The fraction of sp³-hybridized carbons (Fsp3) is 0.481. The molecule has 1 aliphatic rings. The molecule has 0 saturated carbocycles. The van der Waals surface area contributed by atoms with Crippen LogP contribution in [0.2, 0.25) is 0 Å². The van der Waals surface area contributed by atoms with E-state index in [1.807, 2.05) is 55.5 Å². The molecule has 186 valence electrons. The summed E-state index contributed by atoms with van der Waals surface area (Å²) in [5, 5.41) is -0.551. The van der Waals surface area contributed by atoms with Gasteiger partial charge in [-0.1, -0.05) is 37.3 Å². The van der Waals surface area contributed by atoms with Crippen molar-refractivity contribution in [3.63, 3.8) is 0 Å². The number of methoxy groups -OCH3 is 2. The largest absolute Gasteiger partial charge is 0.497 e. The van der Waals surface area contributed by atoms with E-state index in [2.05, 4.69) is 6.58 Å². The molecule has 2 aromatic rings. The SMILES string of the molecule is C=CC[C@H](C)[C@@H](C[C@@H]1CCCO1)S(=O)(=O)N(Cc1ccc(OC)cc1)Cc1ccc(OC)cc1. The van der Waals surface area contributed by atoms with Crippen LogP contribution in [-0.4, -0.2) is 44.9 Å². The van der Waals surface area contributed by atoms with Crippen LogP contribution in [0.4, 0.5) is 0 Å². The van der Waals surface area contributed by atoms with Crippen LogP contribution in [0.3, 0.4) is 0 Å². The van der Waals surface area contributed by atoms with Crippen molar-refractivity contribution >= 4 is 10.0 Å². The molecule has 1 aliphatic heterocycles. The summed E-state index contributed by atoms with van der Waals surface area (Å²) in [6, 6.07) is 15.1. The van der Waals surface area contributed by atoms with Gasteiger partial charge < -0.3 is 14.2 Å². The van der Waals surface area contributed by atoms with E-state index in [9.17, 15) is 8.42 Å². The average Bonchev–Trinajstić information content (AvgIpc) is 3.36. The first-order valence-corrected chi connectivity index (χ1v) is 13.3. The molecule has 7 heteroatoms. The Morgan fingerprint density at radius 3 is 1.97 bits per heavy atom. The first-order chi connectivity index (χ1) is 16.4. The molecule has 1 fully saturated rings. The molecule has 0 N–H and O–H groups in total. The zero-order chi connectivity index (χ0) is 24.6. The molecule has 1 heterocycles. The van der Waals surface area contributed by atoms with Gasteiger partial charge in [0.1, 0.15) is 11.5 Å². The molecule has 0 unspecified atom stereocenters. The van der Waals surface area contributed by atoms with Gasteiger partial charge in [0.2, 0.25) is 10.0 Å². The molecule has 34 heavy (non-hydrogen) atoms. The second-order valence-electron chi connectivity index (χ2n) is 8.92. The summed E-state index contributed by atoms with van der Waals surface area (Å²) >= 11 is 0. The van der Waals surface area contributed by atoms with Gasteiger partial charge in [-0.3, -0.25) is 0 Å². The van der Waals surface area contributed by atoms with Crippen LogP contribution in [0.1, 0.15) is 43.7 Å². The fourth-order valence-electron chi connectivity index (χ4n) is 4.45. The second-order valence-corrected chi connectivity index (χ2v) is 11.1. The molecular weight excluding hydrogens is 450 g/mol. The van der Waals surface area contributed by atoms with Gasteiger partial charge >= 0.3 is 0 Å². The lowest BCUT2D eigenvalue weighted by Crippen LogP contribution is -2.42. The minimum atomic E-state index is -3.66. The zero-order valence-electron chi connectivity index (χ0n) is 20.5. The lowest BCUT2D eigenvalue weighted by atomic mass is 9.98. The molecule has 0 bridgehead atoms. The Balaban J connectivity index is 1.93. The van der Waals surface area contributed by atoms with Crippen molar-refractivity contribution in [1.29, 1.82) is 0 Å². The van der Waals surface area contributed by atoms with Gasteiger partial charge in [0, 0.05) is 19.7 Å². The van der Waals surface area contributed by atoms with Crippen LogP contribution in [-0.2, 0) is 27.8 Å². The number of rotatable bonds is 13. The predicted molar refractivity (Wildman–Crippen MR) is 136 cm³/mol. The maximum absolute atomic E-state index is 14.2. The summed E-state index contributed by atoms with van der Waals surface area (Å²) in [4.78, 5) is 0. The van der Waals surface area contributed by atoms with E-state index in [4.69, 9.17) is 14.2 Å². The number of allylic oxidation sites excluding steroid dienone is 1. The normalized spacial score (nSPS) is 17.9. The van der Waals surface area contributed by atoms with Crippen LogP contribution in [0.5, 0.6) is 11.5 Å². The minimum absolute atomic E-state index is 0.0177. The molecular formula is C27H37NO5S. The lowest BCUT2D eigenvalue weighted by Gasteiger charge is -2.32. The van der Waals surface area contributed by atoms with Gasteiger partial charge in [0.05, 0.1) is 25.6 Å². The minimum Gasteiger partial charge on any atom is -0.497 e. The first kappa shape index (κ1) is 26.3. The fourth-order valence-corrected chi connectivity index (χ4v) is 6.65. The van der Waals surface area contributed by atoms with Gasteiger partial charge in [-0.25, -0.2) is 8.42 Å². The summed E-state index contributed by atoms with van der Waals surface area (Å²) in [7, 11) is -0.422. The van der Waals surface area contributed by atoms with E-state index in [1.165, 1.54) is 0 Å². The topological polar surface area (TPSA) is 65.1 Å². The highest BCUT2D eigenvalue weighted by atomic mass is 32.2. The van der Waals surface area contributed by atoms with E-state index in [0.717, 1.165) is 35.5 Å². The van der Waals surface area contributed by atoms with E-state index >= 15 is 0 Å².